The number of rotatable bonds is 7. The van der Waals surface area contributed by atoms with Crippen LogP contribution in [0.4, 0.5) is 0 Å². The normalized spacial score (nSPS) is 11.7. The molecule has 5 nitrogen and oxygen atoms in total. The van der Waals surface area contributed by atoms with Gasteiger partial charge in [0.25, 0.3) is 0 Å². The number of nitrogens with one attached hydrogen (secondary N) is 1. The van der Waals surface area contributed by atoms with Gasteiger partial charge in [-0.25, -0.2) is 0 Å². The van der Waals surface area contributed by atoms with Crippen LogP contribution in [0.5, 0.6) is 0 Å². The summed E-state index contributed by atoms with van der Waals surface area (Å²) >= 11 is 0. The molecule has 3 N–H and O–H groups in total. The van der Waals surface area contributed by atoms with Gasteiger partial charge in [-0.1, -0.05) is 18.2 Å². The molecule has 5 heteroatoms. The van der Waals surface area contributed by atoms with Crippen LogP contribution in [0.2, 0.25) is 0 Å². The fourth-order valence-electron chi connectivity index (χ4n) is 2.48. The number of allylic oxidation sites excluding steroid dienone is 2. The number of hydrogen-bond donors (Lipinski definition) is 2. The lowest BCUT2D eigenvalue weighted by atomic mass is 10.1. The van der Waals surface area contributed by atoms with Gasteiger partial charge in [-0.15, -0.1) is 0 Å². The van der Waals surface area contributed by atoms with Gasteiger partial charge in [0.2, 0.25) is 0 Å². The molecule has 0 bridgehead atoms. The largest absolute Gasteiger partial charge is 0.400 e. The molecule has 0 aromatic carbocycles. The maximum absolute atomic E-state index is 6.39. The summed E-state index contributed by atoms with van der Waals surface area (Å²) in [5.41, 5.74) is 11.0. The Labute approximate surface area is 147 Å². The molecule has 3 aromatic heterocycles. The van der Waals surface area contributed by atoms with Crippen LogP contribution in [-0.4, -0.2) is 15.0 Å². The summed E-state index contributed by atoms with van der Waals surface area (Å²) in [4.78, 5) is 13.1. The van der Waals surface area contributed by atoms with E-state index in [1.165, 1.54) is 0 Å². The Balaban J connectivity index is 1.78. The second kappa shape index (κ2) is 8.59. The Bertz CT molecular complexity index is 801. The Morgan fingerprint density at radius 2 is 1.24 bits per heavy atom. The van der Waals surface area contributed by atoms with E-state index in [2.05, 4.69) is 20.3 Å². The smallest absolute Gasteiger partial charge is 0.0594 e. The predicted octanol–water partition coefficient (Wildman–Crippen LogP) is 2.62. The first-order valence-electron chi connectivity index (χ1n) is 8.22. The summed E-state index contributed by atoms with van der Waals surface area (Å²) < 4.78 is 0. The number of nitrogens with zero attached hydrogens (tertiary/aromatic N) is 3. The van der Waals surface area contributed by atoms with Crippen molar-refractivity contribution in [3.05, 3.63) is 102 Å². The summed E-state index contributed by atoms with van der Waals surface area (Å²) in [6, 6.07) is 17.6. The monoisotopic (exact) mass is 331 g/mol. The van der Waals surface area contributed by atoms with Crippen LogP contribution in [0.15, 0.2) is 84.6 Å². The van der Waals surface area contributed by atoms with Crippen molar-refractivity contribution in [1.82, 2.24) is 20.3 Å². The van der Waals surface area contributed by atoms with Crippen LogP contribution in [0.1, 0.15) is 17.1 Å². The van der Waals surface area contributed by atoms with E-state index in [1.54, 1.807) is 18.6 Å². The zero-order chi connectivity index (χ0) is 17.3. The zero-order valence-electron chi connectivity index (χ0n) is 14.0. The van der Waals surface area contributed by atoms with E-state index in [0.717, 1.165) is 28.5 Å². The molecule has 0 amide bonds. The SMILES string of the molecule is N/C(Cc1ccccn1)=C(\Cc1ccccn1)NCc1ccccn1. The van der Waals surface area contributed by atoms with Gasteiger partial charge < -0.3 is 11.1 Å². The standard InChI is InChI=1S/C20H21N5/c21-19(13-16-7-1-4-10-22-16)20(14-17-8-2-5-11-23-17)25-15-18-9-3-6-12-24-18/h1-12,25H,13-15,21H2/b20-19+. The molecule has 0 unspecified atom stereocenters. The van der Waals surface area contributed by atoms with E-state index in [0.29, 0.717) is 19.4 Å². The summed E-state index contributed by atoms with van der Waals surface area (Å²) in [6.07, 6.45) is 6.60. The fourth-order valence-corrected chi connectivity index (χ4v) is 2.48. The number of nitrogens with two attached hydrogens (primary N) is 1. The third kappa shape index (κ3) is 5.14. The van der Waals surface area contributed by atoms with Gasteiger partial charge in [-0.2, -0.15) is 0 Å². The number of pyridine rings is 3. The predicted molar refractivity (Wildman–Crippen MR) is 98.2 cm³/mol. The Morgan fingerprint density at radius 1 is 0.720 bits per heavy atom. The third-order valence-electron chi connectivity index (χ3n) is 3.78. The topological polar surface area (TPSA) is 76.7 Å². The van der Waals surface area contributed by atoms with Crippen LogP contribution in [0.3, 0.4) is 0 Å². The highest BCUT2D eigenvalue weighted by molar-refractivity contribution is 5.22. The van der Waals surface area contributed by atoms with E-state index in [1.807, 2.05) is 54.6 Å². The average Bonchev–Trinajstić information content (AvgIpc) is 2.67. The maximum atomic E-state index is 6.39. The van der Waals surface area contributed by atoms with Crippen molar-refractivity contribution >= 4 is 0 Å². The molecule has 0 aliphatic rings. The molecule has 0 fully saturated rings. The Morgan fingerprint density at radius 3 is 1.76 bits per heavy atom. The molecular formula is C20H21N5. The van der Waals surface area contributed by atoms with Crippen LogP contribution in [0.25, 0.3) is 0 Å². The van der Waals surface area contributed by atoms with Crippen molar-refractivity contribution in [3.8, 4) is 0 Å². The van der Waals surface area contributed by atoms with Gasteiger partial charge in [0, 0.05) is 54.2 Å². The second-order valence-corrected chi connectivity index (χ2v) is 5.67. The average molecular weight is 331 g/mol. The third-order valence-corrected chi connectivity index (χ3v) is 3.78. The van der Waals surface area contributed by atoms with Gasteiger partial charge >= 0.3 is 0 Å². The first-order valence-corrected chi connectivity index (χ1v) is 8.22. The minimum Gasteiger partial charge on any atom is -0.400 e. The first-order chi connectivity index (χ1) is 12.3. The van der Waals surface area contributed by atoms with Crippen LogP contribution >= 0.6 is 0 Å². The lowest BCUT2D eigenvalue weighted by Crippen LogP contribution is -2.22. The van der Waals surface area contributed by atoms with Crippen molar-refractivity contribution in [1.29, 1.82) is 0 Å². The first kappa shape index (κ1) is 16.6. The summed E-state index contributed by atoms with van der Waals surface area (Å²) in [7, 11) is 0. The summed E-state index contributed by atoms with van der Waals surface area (Å²) in [6.45, 7) is 0.617. The molecule has 0 radical (unpaired) electrons. The number of aromatic nitrogens is 3. The number of hydrogen-bond acceptors (Lipinski definition) is 5. The molecule has 0 aliphatic carbocycles. The van der Waals surface area contributed by atoms with Gasteiger partial charge in [0.05, 0.1) is 12.2 Å². The van der Waals surface area contributed by atoms with Crippen LogP contribution in [-0.2, 0) is 19.4 Å². The summed E-state index contributed by atoms with van der Waals surface area (Å²) in [5, 5.41) is 3.43. The van der Waals surface area contributed by atoms with Crippen molar-refractivity contribution in [3.63, 3.8) is 0 Å². The maximum Gasteiger partial charge on any atom is 0.0594 e. The summed E-state index contributed by atoms with van der Waals surface area (Å²) in [5.74, 6) is 0. The fraction of sp³-hybridized carbons (Fsp3) is 0.150. The van der Waals surface area contributed by atoms with Gasteiger partial charge in [0.15, 0.2) is 0 Å². The second-order valence-electron chi connectivity index (χ2n) is 5.67. The van der Waals surface area contributed by atoms with Crippen molar-refractivity contribution in [2.24, 2.45) is 5.73 Å². The minimum absolute atomic E-state index is 0.595. The lowest BCUT2D eigenvalue weighted by molar-refractivity contribution is 0.733. The highest BCUT2D eigenvalue weighted by atomic mass is 14.9. The Hall–Kier alpha value is -3.21. The van der Waals surface area contributed by atoms with Gasteiger partial charge in [-0.3, -0.25) is 15.0 Å². The van der Waals surface area contributed by atoms with Crippen molar-refractivity contribution in [2.45, 2.75) is 19.4 Å². The van der Waals surface area contributed by atoms with E-state index in [4.69, 9.17) is 5.73 Å². The Kier molecular flexibility index (Phi) is 5.72. The molecule has 0 saturated carbocycles. The van der Waals surface area contributed by atoms with E-state index < -0.39 is 0 Å². The van der Waals surface area contributed by atoms with Crippen LogP contribution < -0.4 is 11.1 Å². The minimum atomic E-state index is 0.595. The van der Waals surface area contributed by atoms with Crippen molar-refractivity contribution < 1.29 is 0 Å². The molecule has 0 atom stereocenters. The molecule has 0 spiro atoms. The highest BCUT2D eigenvalue weighted by Gasteiger charge is 2.08. The lowest BCUT2D eigenvalue weighted by Gasteiger charge is -2.14. The molecular weight excluding hydrogens is 310 g/mol. The van der Waals surface area contributed by atoms with E-state index in [9.17, 15) is 0 Å². The van der Waals surface area contributed by atoms with Crippen molar-refractivity contribution in [2.75, 3.05) is 0 Å². The molecule has 0 aliphatic heterocycles. The van der Waals surface area contributed by atoms with Gasteiger partial charge in [0.1, 0.15) is 0 Å². The molecule has 126 valence electrons. The zero-order valence-corrected chi connectivity index (χ0v) is 14.0. The van der Waals surface area contributed by atoms with E-state index in [-0.39, 0.29) is 0 Å². The molecule has 25 heavy (non-hydrogen) atoms. The molecule has 3 heterocycles. The highest BCUT2D eigenvalue weighted by Crippen LogP contribution is 2.10. The van der Waals surface area contributed by atoms with Crippen LogP contribution in [0, 0.1) is 0 Å². The molecule has 3 aromatic rings. The molecule has 3 rings (SSSR count). The van der Waals surface area contributed by atoms with E-state index >= 15 is 0 Å². The quantitative estimate of drug-likeness (QED) is 0.696. The van der Waals surface area contributed by atoms with Gasteiger partial charge in [-0.05, 0) is 36.4 Å². The molecule has 0 saturated heterocycles.